The minimum Gasteiger partial charge on any atom is -0.491 e. The van der Waals surface area contributed by atoms with E-state index in [-0.39, 0.29) is 20.0 Å². The molecule has 4 aromatic rings. The molecule has 0 amide bonds. The molecule has 186 valence electrons. The van der Waals surface area contributed by atoms with Crippen LogP contribution in [0.25, 0.3) is 22.3 Å². The van der Waals surface area contributed by atoms with E-state index in [4.69, 9.17) is 23.4 Å². The second-order valence-electron chi connectivity index (χ2n) is 8.33. The zero-order valence-corrected chi connectivity index (χ0v) is 19.9. The highest BCUT2D eigenvalue weighted by atomic mass is 16.7. The Morgan fingerprint density at radius 3 is 2.72 bits per heavy atom. The van der Waals surface area contributed by atoms with Crippen LogP contribution in [0.4, 0.5) is 0 Å². The molecule has 1 unspecified atom stereocenters. The summed E-state index contributed by atoms with van der Waals surface area (Å²) < 4.78 is 27.9. The van der Waals surface area contributed by atoms with Crippen molar-refractivity contribution in [2.45, 2.75) is 19.6 Å². The first-order chi connectivity index (χ1) is 17.6. The van der Waals surface area contributed by atoms with Gasteiger partial charge in [-0.3, -0.25) is 0 Å². The van der Waals surface area contributed by atoms with Gasteiger partial charge in [-0.2, -0.15) is 0 Å². The van der Waals surface area contributed by atoms with Gasteiger partial charge >= 0.3 is 5.97 Å². The fraction of sp³-hybridized carbons (Fsp3) is 0.250. The zero-order chi connectivity index (χ0) is 24.9. The number of fused-ring (bicyclic) bond motifs is 2. The van der Waals surface area contributed by atoms with Crippen LogP contribution in [0, 0.1) is 0 Å². The lowest BCUT2D eigenvalue weighted by atomic mass is 10.1. The molecule has 5 rings (SSSR count). The van der Waals surface area contributed by atoms with Crippen LogP contribution < -0.4 is 19.5 Å². The third-order valence-electron chi connectivity index (χ3n) is 5.76. The summed E-state index contributed by atoms with van der Waals surface area (Å²) in [7, 11) is 0. The van der Waals surface area contributed by atoms with Crippen molar-refractivity contribution in [3.05, 3.63) is 77.9 Å². The molecule has 2 heterocycles. The Morgan fingerprint density at radius 1 is 1.06 bits per heavy atom. The van der Waals surface area contributed by atoms with Gasteiger partial charge in [0.05, 0.1) is 6.61 Å². The van der Waals surface area contributed by atoms with Crippen molar-refractivity contribution in [3.63, 3.8) is 0 Å². The number of esters is 1. The maximum Gasteiger partial charge on any atom is 0.342 e. The van der Waals surface area contributed by atoms with Gasteiger partial charge in [0, 0.05) is 24.0 Å². The minimum atomic E-state index is -0.733. The molecule has 36 heavy (non-hydrogen) atoms. The topological polar surface area (TPSA) is 99.4 Å². The molecule has 1 aromatic heterocycles. The molecular weight excluding hydrogens is 462 g/mol. The Kier molecular flexibility index (Phi) is 7.06. The summed E-state index contributed by atoms with van der Waals surface area (Å²) in [6, 6.07) is 20.4. The van der Waals surface area contributed by atoms with E-state index in [1.54, 1.807) is 25.1 Å². The number of rotatable bonds is 10. The summed E-state index contributed by atoms with van der Waals surface area (Å²) in [5.41, 5.74) is 2.71. The normalized spacial score (nSPS) is 13.1. The van der Waals surface area contributed by atoms with Crippen molar-refractivity contribution in [2.75, 3.05) is 26.6 Å². The molecule has 0 saturated carbocycles. The average molecular weight is 490 g/mol. The maximum atomic E-state index is 12.8. The minimum absolute atomic E-state index is 0.0811. The van der Waals surface area contributed by atoms with Gasteiger partial charge in [-0.15, -0.1) is 0 Å². The molecule has 0 spiro atoms. The van der Waals surface area contributed by atoms with E-state index in [0.29, 0.717) is 41.1 Å². The standard InChI is InChI=1S/C28H27NO7/c1-2-32-28(31)26-22-13-21(9-11-23(22)36-27(26)19-6-4-3-5-7-19)33-16-20(30)15-29-14-18-8-10-24-25(12-18)35-17-34-24/h3-13,20,29-30H,2,14-17H2,1H3. The van der Waals surface area contributed by atoms with Crippen LogP contribution in [0.2, 0.25) is 0 Å². The molecule has 1 aliphatic heterocycles. The Balaban J connectivity index is 1.24. The summed E-state index contributed by atoms with van der Waals surface area (Å²) in [6.07, 6.45) is -0.733. The fourth-order valence-corrected chi connectivity index (χ4v) is 4.05. The predicted molar refractivity (Wildman–Crippen MR) is 133 cm³/mol. The van der Waals surface area contributed by atoms with Gasteiger partial charge in [-0.25, -0.2) is 4.79 Å². The smallest absolute Gasteiger partial charge is 0.342 e. The summed E-state index contributed by atoms with van der Waals surface area (Å²) in [5, 5.41) is 14.2. The number of aliphatic hydroxyl groups is 1. The van der Waals surface area contributed by atoms with Crippen LogP contribution in [0.3, 0.4) is 0 Å². The first-order valence-corrected chi connectivity index (χ1v) is 11.8. The summed E-state index contributed by atoms with van der Waals surface area (Å²) in [5.74, 6) is 1.98. The summed E-state index contributed by atoms with van der Waals surface area (Å²) >= 11 is 0. The molecule has 0 fully saturated rings. The van der Waals surface area contributed by atoms with Crippen LogP contribution in [-0.4, -0.2) is 43.7 Å². The molecular formula is C28H27NO7. The third-order valence-corrected chi connectivity index (χ3v) is 5.76. The second-order valence-corrected chi connectivity index (χ2v) is 8.33. The van der Waals surface area contributed by atoms with Crippen molar-refractivity contribution in [3.8, 4) is 28.6 Å². The van der Waals surface area contributed by atoms with E-state index in [0.717, 1.165) is 22.6 Å². The maximum absolute atomic E-state index is 12.8. The average Bonchev–Trinajstić information content (AvgIpc) is 3.52. The van der Waals surface area contributed by atoms with Crippen LogP contribution in [0.15, 0.2) is 71.1 Å². The Morgan fingerprint density at radius 2 is 1.89 bits per heavy atom. The quantitative estimate of drug-likeness (QED) is 0.314. The van der Waals surface area contributed by atoms with Crippen LogP contribution in [0.5, 0.6) is 17.2 Å². The fourth-order valence-electron chi connectivity index (χ4n) is 4.05. The number of benzene rings is 3. The van der Waals surface area contributed by atoms with Crippen LogP contribution in [-0.2, 0) is 11.3 Å². The van der Waals surface area contributed by atoms with Gasteiger partial charge in [0.15, 0.2) is 11.5 Å². The lowest BCUT2D eigenvalue weighted by molar-refractivity contribution is 0.0528. The lowest BCUT2D eigenvalue weighted by Crippen LogP contribution is -2.31. The van der Waals surface area contributed by atoms with Crippen molar-refractivity contribution in [1.82, 2.24) is 5.32 Å². The van der Waals surface area contributed by atoms with Gasteiger partial charge in [0.1, 0.15) is 35.4 Å². The highest BCUT2D eigenvalue weighted by Gasteiger charge is 2.24. The third kappa shape index (κ3) is 5.15. The SMILES string of the molecule is CCOC(=O)c1c(-c2ccccc2)oc2ccc(OCC(O)CNCc3ccc4c(c3)OCO4)cc12. The number of hydrogen-bond donors (Lipinski definition) is 2. The van der Waals surface area contributed by atoms with Gasteiger partial charge < -0.3 is 33.8 Å². The number of hydrogen-bond acceptors (Lipinski definition) is 8. The molecule has 8 nitrogen and oxygen atoms in total. The Bertz CT molecular complexity index is 1350. The van der Waals surface area contributed by atoms with E-state index in [1.165, 1.54) is 0 Å². The molecule has 8 heteroatoms. The first kappa shape index (κ1) is 23.7. The van der Waals surface area contributed by atoms with Gasteiger partial charge in [-0.05, 0) is 42.8 Å². The zero-order valence-electron chi connectivity index (χ0n) is 19.9. The monoisotopic (exact) mass is 489 g/mol. The first-order valence-electron chi connectivity index (χ1n) is 11.8. The second kappa shape index (κ2) is 10.7. The van der Waals surface area contributed by atoms with E-state index in [9.17, 15) is 9.90 Å². The Labute approximate surface area is 208 Å². The van der Waals surface area contributed by atoms with Crippen molar-refractivity contribution in [2.24, 2.45) is 0 Å². The number of carbonyl (C=O) groups is 1. The number of nitrogens with one attached hydrogen (secondary N) is 1. The highest BCUT2D eigenvalue weighted by Crippen LogP contribution is 2.36. The van der Waals surface area contributed by atoms with Crippen molar-refractivity contribution in [1.29, 1.82) is 0 Å². The van der Waals surface area contributed by atoms with Crippen LogP contribution >= 0.6 is 0 Å². The number of furan rings is 1. The van der Waals surface area contributed by atoms with Crippen LogP contribution in [0.1, 0.15) is 22.8 Å². The van der Waals surface area contributed by atoms with E-state index in [1.807, 2.05) is 48.5 Å². The van der Waals surface area contributed by atoms with Gasteiger partial charge in [0.25, 0.3) is 0 Å². The van der Waals surface area contributed by atoms with Gasteiger partial charge in [0.2, 0.25) is 6.79 Å². The molecule has 0 bridgehead atoms. The number of carbonyl (C=O) groups excluding carboxylic acids is 1. The molecule has 1 atom stereocenters. The summed E-state index contributed by atoms with van der Waals surface area (Å²) in [6.45, 7) is 3.24. The molecule has 1 aliphatic rings. The van der Waals surface area contributed by atoms with E-state index < -0.39 is 12.1 Å². The van der Waals surface area contributed by atoms with Crippen molar-refractivity contribution >= 4 is 16.9 Å². The molecule has 3 aromatic carbocycles. The molecule has 0 aliphatic carbocycles. The number of ether oxygens (including phenoxy) is 4. The van der Waals surface area contributed by atoms with Gasteiger partial charge in [-0.1, -0.05) is 36.4 Å². The predicted octanol–water partition coefficient (Wildman–Crippen LogP) is 4.53. The molecule has 2 N–H and O–H groups in total. The Hall–Kier alpha value is -4.01. The van der Waals surface area contributed by atoms with E-state index >= 15 is 0 Å². The van der Waals surface area contributed by atoms with Crippen molar-refractivity contribution < 1.29 is 33.3 Å². The molecule has 0 saturated heterocycles. The number of aliphatic hydroxyl groups excluding tert-OH is 1. The lowest BCUT2D eigenvalue weighted by Gasteiger charge is -2.13. The largest absolute Gasteiger partial charge is 0.491 e. The highest BCUT2D eigenvalue weighted by molar-refractivity contribution is 6.09. The summed E-state index contributed by atoms with van der Waals surface area (Å²) in [4.78, 5) is 12.8. The van der Waals surface area contributed by atoms with E-state index in [2.05, 4.69) is 5.32 Å². The molecule has 0 radical (unpaired) electrons.